The summed E-state index contributed by atoms with van der Waals surface area (Å²) in [6.07, 6.45) is 5.87. The molecule has 3 N–H and O–H groups in total. The van der Waals surface area contributed by atoms with Gasteiger partial charge in [0.25, 0.3) is 0 Å². The average molecular weight is 539 g/mol. The first kappa shape index (κ1) is 24.7. The number of hydrogen-bond donors (Lipinski definition) is 3. The molecule has 2 heterocycles. The van der Waals surface area contributed by atoms with Crippen LogP contribution in [0.25, 0.3) is 0 Å². The van der Waals surface area contributed by atoms with Crippen LogP contribution >= 0.6 is 24.0 Å². The number of nitrogens with one attached hydrogen (secondary N) is 2. The lowest BCUT2D eigenvalue weighted by molar-refractivity contribution is 0.0616. The Balaban J connectivity index is 0.00000341. The highest BCUT2D eigenvalue weighted by Gasteiger charge is 2.25. The van der Waals surface area contributed by atoms with Gasteiger partial charge in [0, 0.05) is 31.8 Å². The molecular weight excluding hydrogens is 509 g/mol. The summed E-state index contributed by atoms with van der Waals surface area (Å²) < 4.78 is 12.2. The number of guanidine groups is 1. The topological polar surface area (TPSA) is 96.8 Å². The van der Waals surface area contributed by atoms with Crippen LogP contribution in [0, 0.1) is 0 Å². The molecule has 2 aromatic heterocycles. The molecule has 0 saturated carbocycles. The molecule has 0 aliphatic carbocycles. The molecule has 9 heteroatoms. The Morgan fingerprint density at radius 2 is 2.03 bits per heavy atom. The van der Waals surface area contributed by atoms with E-state index in [1.807, 2.05) is 43.4 Å². The highest BCUT2D eigenvalue weighted by molar-refractivity contribution is 14.0. The van der Waals surface area contributed by atoms with Crippen LogP contribution in [0.5, 0.6) is 5.75 Å². The number of benzene rings is 1. The van der Waals surface area contributed by atoms with E-state index in [9.17, 15) is 5.11 Å². The molecule has 0 spiro atoms. The van der Waals surface area contributed by atoms with Crippen LogP contribution in [-0.4, -0.2) is 41.0 Å². The van der Waals surface area contributed by atoms with E-state index in [-0.39, 0.29) is 30.5 Å². The zero-order valence-electron chi connectivity index (χ0n) is 18.0. The van der Waals surface area contributed by atoms with Crippen molar-refractivity contribution in [3.8, 4) is 5.75 Å². The van der Waals surface area contributed by atoms with Gasteiger partial charge in [-0.3, -0.25) is 4.68 Å². The Kier molecular flexibility index (Phi) is 9.38. The van der Waals surface area contributed by atoms with Crippen molar-refractivity contribution in [2.24, 2.45) is 12.0 Å². The number of rotatable bonds is 9. The van der Waals surface area contributed by atoms with Crippen molar-refractivity contribution < 1.29 is 14.3 Å². The van der Waals surface area contributed by atoms with Crippen LogP contribution in [0.15, 0.2) is 64.5 Å². The van der Waals surface area contributed by atoms with Gasteiger partial charge in [-0.1, -0.05) is 12.1 Å². The Labute approximate surface area is 199 Å². The molecule has 0 radical (unpaired) electrons. The van der Waals surface area contributed by atoms with E-state index in [1.54, 1.807) is 37.4 Å². The molecule has 3 rings (SSSR count). The average Bonchev–Trinajstić information content (AvgIpc) is 3.42. The van der Waals surface area contributed by atoms with Gasteiger partial charge < -0.3 is 24.9 Å². The summed E-state index contributed by atoms with van der Waals surface area (Å²) in [5.74, 6) is 2.33. The largest absolute Gasteiger partial charge is 0.497 e. The quantitative estimate of drug-likeness (QED) is 0.220. The second kappa shape index (κ2) is 11.8. The summed E-state index contributed by atoms with van der Waals surface area (Å²) in [6, 6.07) is 11.6. The number of aliphatic hydroxyl groups is 1. The summed E-state index contributed by atoms with van der Waals surface area (Å²) in [5, 5.41) is 21.5. The third kappa shape index (κ3) is 7.59. The van der Waals surface area contributed by atoms with Crippen LogP contribution in [0.4, 0.5) is 0 Å². The second-order valence-electron chi connectivity index (χ2n) is 7.30. The maximum Gasteiger partial charge on any atom is 0.191 e. The monoisotopic (exact) mass is 539 g/mol. The number of aryl methyl sites for hydroxylation is 1. The molecule has 0 amide bonds. The van der Waals surface area contributed by atoms with Crippen LogP contribution < -0.4 is 15.4 Å². The zero-order valence-corrected chi connectivity index (χ0v) is 20.4. The summed E-state index contributed by atoms with van der Waals surface area (Å²) in [5.41, 5.74) is 0.710. The Hall–Kier alpha value is -2.53. The number of nitrogens with zero attached hydrogens (tertiary/aromatic N) is 3. The Morgan fingerprint density at radius 3 is 2.65 bits per heavy atom. The van der Waals surface area contributed by atoms with E-state index < -0.39 is 5.60 Å². The first-order valence-corrected chi connectivity index (χ1v) is 9.85. The maximum atomic E-state index is 10.8. The number of aliphatic imine (C=N–C) groups is 1. The van der Waals surface area contributed by atoms with Gasteiger partial charge in [-0.05, 0) is 36.8 Å². The summed E-state index contributed by atoms with van der Waals surface area (Å²) in [4.78, 5) is 4.66. The lowest BCUT2D eigenvalue weighted by Gasteiger charge is -2.24. The van der Waals surface area contributed by atoms with Crippen molar-refractivity contribution in [3.05, 3.63) is 71.9 Å². The number of methoxy groups -OCH3 is 1. The molecule has 3 aromatic rings. The van der Waals surface area contributed by atoms with Gasteiger partial charge >= 0.3 is 0 Å². The molecule has 8 nitrogen and oxygen atoms in total. The molecular formula is C22H30IN5O3. The molecule has 0 saturated heterocycles. The molecule has 1 aromatic carbocycles. The summed E-state index contributed by atoms with van der Waals surface area (Å²) in [7, 11) is 3.47. The molecule has 0 fully saturated rings. The lowest BCUT2D eigenvalue weighted by atomic mass is 10.00. The maximum absolute atomic E-state index is 10.8. The number of furan rings is 1. The second-order valence-corrected chi connectivity index (χ2v) is 7.30. The fraction of sp³-hybridized carbons (Fsp3) is 0.364. The van der Waals surface area contributed by atoms with Crippen molar-refractivity contribution in [1.29, 1.82) is 0 Å². The molecule has 1 unspecified atom stereocenters. The minimum Gasteiger partial charge on any atom is -0.497 e. The normalized spacial score (nSPS) is 13.2. The molecule has 1 atom stereocenters. The first-order valence-electron chi connectivity index (χ1n) is 9.85. The van der Waals surface area contributed by atoms with Gasteiger partial charge in [0.1, 0.15) is 17.1 Å². The van der Waals surface area contributed by atoms with Crippen molar-refractivity contribution in [2.75, 3.05) is 20.2 Å². The first-order chi connectivity index (χ1) is 14.5. The van der Waals surface area contributed by atoms with Crippen LogP contribution in [0.2, 0.25) is 0 Å². The minimum absolute atomic E-state index is 0. The highest BCUT2D eigenvalue weighted by Crippen LogP contribution is 2.18. The minimum atomic E-state index is -1.09. The fourth-order valence-corrected chi connectivity index (χ4v) is 2.89. The number of ether oxygens (including phenoxy) is 1. The molecule has 168 valence electrons. The van der Waals surface area contributed by atoms with Crippen molar-refractivity contribution in [1.82, 2.24) is 20.4 Å². The predicted molar refractivity (Wildman–Crippen MR) is 131 cm³/mol. The predicted octanol–water partition coefficient (Wildman–Crippen LogP) is 2.83. The number of aromatic nitrogens is 2. The Bertz CT molecular complexity index is 936. The number of hydrogen-bond acceptors (Lipinski definition) is 5. The van der Waals surface area contributed by atoms with Gasteiger partial charge in [0.2, 0.25) is 0 Å². The van der Waals surface area contributed by atoms with Crippen LogP contribution in [-0.2, 0) is 25.6 Å². The SMILES string of the molecule is COc1ccc(CN=C(NCCc2ccco2)NCC(C)(O)c2cnn(C)c2)cc1.I. The van der Waals surface area contributed by atoms with E-state index >= 15 is 0 Å². The number of halogens is 1. The van der Waals surface area contributed by atoms with Crippen molar-refractivity contribution in [2.45, 2.75) is 25.5 Å². The fourth-order valence-electron chi connectivity index (χ4n) is 2.89. The van der Waals surface area contributed by atoms with Crippen LogP contribution in [0.3, 0.4) is 0 Å². The smallest absolute Gasteiger partial charge is 0.191 e. The van der Waals surface area contributed by atoms with E-state index in [1.165, 1.54) is 0 Å². The van der Waals surface area contributed by atoms with Crippen molar-refractivity contribution in [3.63, 3.8) is 0 Å². The molecule has 0 aliphatic rings. The zero-order chi connectivity index (χ0) is 21.4. The van der Waals surface area contributed by atoms with Crippen LogP contribution in [0.1, 0.15) is 23.8 Å². The highest BCUT2D eigenvalue weighted by atomic mass is 127. The van der Waals surface area contributed by atoms with E-state index in [0.717, 1.165) is 29.1 Å². The lowest BCUT2D eigenvalue weighted by Crippen LogP contribution is -2.45. The van der Waals surface area contributed by atoms with Crippen molar-refractivity contribution >= 4 is 29.9 Å². The third-order valence-electron chi connectivity index (χ3n) is 4.75. The van der Waals surface area contributed by atoms with Gasteiger partial charge in [0.15, 0.2) is 5.96 Å². The Morgan fingerprint density at radius 1 is 1.26 bits per heavy atom. The van der Waals surface area contributed by atoms with E-state index in [0.29, 0.717) is 19.0 Å². The summed E-state index contributed by atoms with van der Waals surface area (Å²) >= 11 is 0. The van der Waals surface area contributed by atoms with Gasteiger partial charge in [0.05, 0.1) is 32.7 Å². The molecule has 31 heavy (non-hydrogen) atoms. The van der Waals surface area contributed by atoms with E-state index in [2.05, 4.69) is 20.7 Å². The van der Waals surface area contributed by atoms with Gasteiger partial charge in [-0.15, -0.1) is 24.0 Å². The van der Waals surface area contributed by atoms with Gasteiger partial charge in [-0.2, -0.15) is 5.10 Å². The standard InChI is InChI=1S/C22H29N5O3.HI/c1-22(28,18-14-26-27(2)15-18)16-25-21(23-11-10-20-5-4-12-30-20)24-13-17-6-8-19(29-3)9-7-17;/h4-9,12,14-15,28H,10-11,13,16H2,1-3H3,(H2,23,24,25);1H. The molecule has 0 aliphatic heterocycles. The van der Waals surface area contributed by atoms with Gasteiger partial charge in [-0.25, -0.2) is 4.99 Å². The third-order valence-corrected chi connectivity index (χ3v) is 4.75. The summed E-state index contributed by atoms with van der Waals surface area (Å²) in [6.45, 7) is 3.18. The molecule has 0 bridgehead atoms. The van der Waals surface area contributed by atoms with E-state index in [4.69, 9.17) is 9.15 Å².